The molecule has 3 aliphatic carbocycles. The van der Waals surface area contributed by atoms with E-state index in [1.54, 1.807) is 0 Å². The van der Waals surface area contributed by atoms with E-state index in [1.165, 1.54) is 12.0 Å². The lowest BCUT2D eigenvalue weighted by molar-refractivity contribution is -0.134. The first kappa shape index (κ1) is 10.7. The second-order valence-corrected chi connectivity index (χ2v) is 6.04. The van der Waals surface area contributed by atoms with Crippen LogP contribution in [0.5, 0.6) is 0 Å². The summed E-state index contributed by atoms with van der Waals surface area (Å²) in [5.41, 5.74) is 1.26. The second-order valence-electron chi connectivity index (χ2n) is 6.04. The molecule has 4 aliphatic rings. The molecule has 4 bridgehead atoms. The monoisotopic (exact) mass is 240 g/mol. The Morgan fingerprint density at radius 2 is 1.94 bits per heavy atom. The number of rotatable bonds is 1. The fourth-order valence-corrected chi connectivity index (χ4v) is 4.56. The fourth-order valence-electron chi connectivity index (χ4n) is 4.56. The first-order valence-electron chi connectivity index (χ1n) is 6.95. The van der Waals surface area contributed by atoms with E-state index in [1.807, 2.05) is 6.07 Å². The summed E-state index contributed by atoms with van der Waals surface area (Å²) in [6.45, 7) is 0. The van der Waals surface area contributed by atoms with Crippen LogP contribution in [-0.4, -0.2) is 16.7 Å². The van der Waals surface area contributed by atoms with Crippen LogP contribution in [0.3, 0.4) is 0 Å². The summed E-state index contributed by atoms with van der Waals surface area (Å²) in [7, 11) is 4.27. The van der Waals surface area contributed by atoms with Crippen LogP contribution in [-0.2, 0) is 4.79 Å². The zero-order chi connectivity index (χ0) is 12.3. The van der Waals surface area contributed by atoms with Gasteiger partial charge in [0.2, 0.25) is 0 Å². The molecule has 1 heterocycles. The van der Waals surface area contributed by atoms with Crippen molar-refractivity contribution in [2.24, 2.45) is 17.8 Å². The molecule has 0 unspecified atom stereocenters. The molecule has 1 aliphatic heterocycles. The van der Waals surface area contributed by atoms with Crippen LogP contribution < -0.4 is 0 Å². The fraction of sp³-hybridized carbons (Fsp3) is 0.500. The van der Waals surface area contributed by atoms with Crippen molar-refractivity contribution >= 4 is 5.78 Å². The van der Waals surface area contributed by atoms with Gasteiger partial charge in [-0.2, -0.15) is 0 Å². The number of hydrogen-bond acceptors (Lipinski definition) is 2. The molecular weight excluding hydrogens is 222 g/mol. The zero-order valence-electron chi connectivity index (χ0n) is 10.5. The molecule has 5 rings (SSSR count). The van der Waals surface area contributed by atoms with Gasteiger partial charge >= 0.3 is 0 Å². The summed E-state index contributed by atoms with van der Waals surface area (Å²) in [5.74, 6) is 1.61. The molecule has 0 spiro atoms. The van der Waals surface area contributed by atoms with E-state index >= 15 is 0 Å². The first-order valence-corrected chi connectivity index (χ1v) is 6.95. The maximum atomic E-state index is 12.5. The van der Waals surface area contributed by atoms with E-state index in [0.29, 0.717) is 23.7 Å². The molecule has 1 aromatic rings. The number of likely N-dealkylation sites (tertiary alicyclic amines) is 1. The van der Waals surface area contributed by atoms with Gasteiger partial charge in [-0.3, -0.25) is 11.8 Å². The Morgan fingerprint density at radius 3 is 2.72 bits per heavy atom. The Bertz CT molecular complexity index is 483. The average molecular weight is 240 g/mol. The predicted molar refractivity (Wildman–Crippen MR) is 69.5 cm³/mol. The smallest absolute Gasteiger partial charge is 0.141 e. The summed E-state index contributed by atoms with van der Waals surface area (Å²) in [5, 5.41) is 0. The maximum absolute atomic E-state index is 12.5. The van der Waals surface area contributed by atoms with Gasteiger partial charge in [-0.15, -0.1) is 0 Å². The lowest BCUT2D eigenvalue weighted by atomic mass is 9.62. The average Bonchev–Trinajstić information content (AvgIpc) is 2.67. The van der Waals surface area contributed by atoms with Crippen molar-refractivity contribution in [3.8, 4) is 0 Å². The van der Waals surface area contributed by atoms with Gasteiger partial charge in [0.15, 0.2) is 0 Å². The molecule has 94 valence electrons. The molecule has 18 heavy (non-hydrogen) atoms. The van der Waals surface area contributed by atoms with E-state index < -0.39 is 0 Å². The highest BCUT2D eigenvalue weighted by Crippen LogP contribution is 2.56. The van der Waals surface area contributed by atoms with E-state index in [-0.39, 0.29) is 12.0 Å². The number of benzene rings is 1. The number of nitrogens with zero attached hydrogens (tertiary/aromatic N) is 1. The minimum atomic E-state index is 0.211. The van der Waals surface area contributed by atoms with Crippen molar-refractivity contribution in [1.82, 2.24) is 4.90 Å². The third-order valence-electron chi connectivity index (χ3n) is 5.33. The summed E-state index contributed by atoms with van der Waals surface area (Å²) < 4.78 is 0. The van der Waals surface area contributed by atoms with Gasteiger partial charge in [0.1, 0.15) is 5.78 Å². The number of carbonyl (C=O) groups is 1. The van der Waals surface area contributed by atoms with Crippen LogP contribution in [0.2, 0.25) is 0 Å². The van der Waals surface area contributed by atoms with Gasteiger partial charge in [-0.1, -0.05) is 30.3 Å². The molecule has 0 aromatic heterocycles. The number of carbonyl (C=O) groups excluding carboxylic acids is 1. The van der Waals surface area contributed by atoms with Crippen molar-refractivity contribution in [1.29, 1.82) is 0 Å². The predicted octanol–water partition coefficient (Wildman–Crippen LogP) is 2.82. The maximum Gasteiger partial charge on any atom is 0.141 e. The SMILES string of the molecule is [CH2-]N1[C@H](c2ccccc2)[C@H]2C(=O)[C@@H]3CC[C@H]2[C@@H]1C3. The Labute approximate surface area is 108 Å². The summed E-state index contributed by atoms with van der Waals surface area (Å²) in [4.78, 5) is 14.8. The quantitative estimate of drug-likeness (QED) is 0.703. The lowest BCUT2D eigenvalue weighted by Crippen LogP contribution is -2.44. The highest BCUT2D eigenvalue weighted by atomic mass is 16.1. The zero-order valence-corrected chi connectivity index (χ0v) is 10.5. The number of fused-ring (bicyclic) bond motifs is 1. The molecule has 1 aromatic carbocycles. The third-order valence-corrected chi connectivity index (χ3v) is 5.33. The molecule has 0 radical (unpaired) electrons. The molecule has 2 heteroatoms. The molecule has 0 N–H and O–H groups in total. The number of hydrogen-bond donors (Lipinski definition) is 0. The van der Waals surface area contributed by atoms with E-state index in [9.17, 15) is 4.79 Å². The van der Waals surface area contributed by atoms with Crippen molar-refractivity contribution in [3.05, 3.63) is 42.9 Å². The van der Waals surface area contributed by atoms with Gasteiger partial charge in [-0.05, 0) is 36.8 Å². The van der Waals surface area contributed by atoms with Gasteiger partial charge in [0.05, 0.1) is 0 Å². The van der Waals surface area contributed by atoms with Crippen LogP contribution in [0.1, 0.15) is 30.9 Å². The van der Waals surface area contributed by atoms with Crippen molar-refractivity contribution in [2.75, 3.05) is 0 Å². The first-order chi connectivity index (χ1) is 8.77. The molecule has 0 amide bonds. The lowest BCUT2D eigenvalue weighted by Gasteiger charge is -2.42. The van der Waals surface area contributed by atoms with E-state index in [2.05, 4.69) is 36.2 Å². The molecule has 2 nitrogen and oxygen atoms in total. The molecular formula is C16H18NO-. The molecule has 3 saturated carbocycles. The van der Waals surface area contributed by atoms with E-state index in [4.69, 9.17) is 0 Å². The molecule has 4 fully saturated rings. The van der Waals surface area contributed by atoms with Gasteiger partial charge < -0.3 is 4.90 Å². The van der Waals surface area contributed by atoms with Crippen LogP contribution in [0, 0.1) is 24.8 Å². The molecule has 1 saturated heterocycles. The van der Waals surface area contributed by atoms with Crippen LogP contribution in [0.4, 0.5) is 0 Å². The van der Waals surface area contributed by atoms with Crippen molar-refractivity contribution in [3.63, 3.8) is 0 Å². The molecule has 5 atom stereocenters. The normalized spacial score (nSPS) is 42.5. The standard InChI is InChI=1S/C16H18NO/c1-17-13-9-11-7-8-12(13)14(16(11)18)15(17)10-5-3-2-4-6-10/h2-6,11-15H,1,7-9H2/q-1/t11-,12+,13+,14+,15-/m1/s1. The van der Waals surface area contributed by atoms with Crippen LogP contribution in [0.25, 0.3) is 0 Å². The summed E-state index contributed by atoms with van der Waals surface area (Å²) in [6, 6.07) is 11.2. The van der Waals surface area contributed by atoms with Gasteiger partial charge in [0.25, 0.3) is 0 Å². The van der Waals surface area contributed by atoms with Crippen LogP contribution in [0.15, 0.2) is 30.3 Å². The van der Waals surface area contributed by atoms with E-state index in [0.717, 1.165) is 12.8 Å². The minimum Gasteiger partial charge on any atom is -0.449 e. The Morgan fingerprint density at radius 1 is 1.17 bits per heavy atom. The summed E-state index contributed by atoms with van der Waals surface area (Å²) in [6.07, 6.45) is 3.39. The van der Waals surface area contributed by atoms with Gasteiger partial charge in [0, 0.05) is 17.9 Å². The Balaban J connectivity index is 1.79. The topological polar surface area (TPSA) is 20.3 Å². The van der Waals surface area contributed by atoms with Crippen molar-refractivity contribution in [2.45, 2.75) is 31.3 Å². The summed E-state index contributed by atoms with van der Waals surface area (Å²) >= 11 is 0. The third kappa shape index (κ3) is 1.24. The number of ketones is 1. The second kappa shape index (κ2) is 3.67. The number of Topliss-reactive ketones (excluding diaryl/α,β-unsaturated/α-hetero) is 1. The van der Waals surface area contributed by atoms with Crippen molar-refractivity contribution < 1.29 is 4.79 Å². The Kier molecular flexibility index (Phi) is 2.19. The largest absolute Gasteiger partial charge is 0.449 e. The van der Waals surface area contributed by atoms with Gasteiger partial charge in [-0.25, -0.2) is 0 Å². The highest BCUT2D eigenvalue weighted by Gasteiger charge is 2.56. The Hall–Kier alpha value is -1.15. The van der Waals surface area contributed by atoms with Crippen LogP contribution >= 0.6 is 0 Å². The highest BCUT2D eigenvalue weighted by molar-refractivity contribution is 5.87. The minimum absolute atomic E-state index is 0.211.